The molecule has 0 N–H and O–H groups in total. The zero-order valence-electron chi connectivity index (χ0n) is 13.9. The molecule has 5 nitrogen and oxygen atoms in total. The van der Waals surface area contributed by atoms with Gasteiger partial charge in [-0.3, -0.25) is 0 Å². The Kier molecular flexibility index (Phi) is 3.34. The van der Waals surface area contributed by atoms with E-state index in [4.69, 9.17) is 4.74 Å². The van der Waals surface area contributed by atoms with Crippen LogP contribution in [0.2, 0.25) is 0 Å². The van der Waals surface area contributed by atoms with E-state index < -0.39 is 0 Å². The molecule has 0 aliphatic heterocycles. The van der Waals surface area contributed by atoms with Crippen LogP contribution < -0.4 is 4.74 Å². The molecule has 3 heterocycles. The van der Waals surface area contributed by atoms with E-state index in [1.807, 2.05) is 48.3 Å². The molecule has 0 saturated heterocycles. The third kappa shape index (κ3) is 2.25. The molecule has 1 aromatic carbocycles. The summed E-state index contributed by atoms with van der Waals surface area (Å²) in [5.74, 6) is 0.791. The highest BCUT2D eigenvalue weighted by molar-refractivity contribution is 5.81. The van der Waals surface area contributed by atoms with Crippen LogP contribution in [0.25, 0.3) is 22.4 Å². The number of imidazole rings is 1. The van der Waals surface area contributed by atoms with Gasteiger partial charge in [0.15, 0.2) is 0 Å². The summed E-state index contributed by atoms with van der Waals surface area (Å²) in [4.78, 5) is 8.81. The van der Waals surface area contributed by atoms with Crippen molar-refractivity contribution >= 4 is 11.0 Å². The lowest BCUT2D eigenvalue weighted by molar-refractivity contribution is 0.412. The maximum Gasteiger partial charge on any atom is 0.144 e. The second-order valence-corrected chi connectivity index (χ2v) is 5.83. The molecule has 5 heteroatoms. The van der Waals surface area contributed by atoms with Crippen molar-refractivity contribution in [3.05, 3.63) is 66.5 Å². The quantitative estimate of drug-likeness (QED) is 0.576. The Bertz CT molecular complexity index is 1030. The van der Waals surface area contributed by atoms with E-state index in [2.05, 4.69) is 33.6 Å². The summed E-state index contributed by atoms with van der Waals surface area (Å²) < 4.78 is 9.64. The van der Waals surface area contributed by atoms with E-state index in [9.17, 15) is 0 Å². The number of aromatic nitrogens is 4. The second-order valence-electron chi connectivity index (χ2n) is 5.83. The Hall–Kier alpha value is -3.08. The summed E-state index contributed by atoms with van der Waals surface area (Å²) >= 11 is 0. The molecule has 120 valence electrons. The number of benzene rings is 1. The summed E-state index contributed by atoms with van der Waals surface area (Å²) in [5, 5.41) is 1.16. The van der Waals surface area contributed by atoms with Gasteiger partial charge in [0, 0.05) is 30.0 Å². The zero-order chi connectivity index (χ0) is 16.7. The number of fused-ring (bicyclic) bond motifs is 1. The molecule has 0 amide bonds. The van der Waals surface area contributed by atoms with E-state index in [1.54, 1.807) is 13.4 Å². The Labute approximate surface area is 140 Å². The molecule has 0 spiro atoms. The average Bonchev–Trinajstić information content (AvgIpc) is 3.21. The first-order valence-corrected chi connectivity index (χ1v) is 7.79. The number of rotatable bonds is 3. The molecular formula is C19H18N4O. The SMILES string of the molecule is COc1cc(-n2ccc3c(C)ccnc32)ccc1-n1cnc(C)c1. The van der Waals surface area contributed by atoms with Crippen molar-refractivity contribution in [2.75, 3.05) is 7.11 Å². The monoisotopic (exact) mass is 318 g/mol. The molecular weight excluding hydrogens is 300 g/mol. The summed E-state index contributed by atoms with van der Waals surface area (Å²) in [6.07, 6.45) is 7.66. The first kappa shape index (κ1) is 14.5. The van der Waals surface area contributed by atoms with E-state index in [1.165, 1.54) is 5.56 Å². The van der Waals surface area contributed by atoms with Crippen molar-refractivity contribution < 1.29 is 4.74 Å². The van der Waals surface area contributed by atoms with Gasteiger partial charge >= 0.3 is 0 Å². The topological polar surface area (TPSA) is 44.9 Å². The minimum Gasteiger partial charge on any atom is -0.494 e. The summed E-state index contributed by atoms with van der Waals surface area (Å²) in [6, 6.07) is 10.2. The highest BCUT2D eigenvalue weighted by Crippen LogP contribution is 2.28. The highest BCUT2D eigenvalue weighted by atomic mass is 16.5. The van der Waals surface area contributed by atoms with Gasteiger partial charge in [-0.15, -0.1) is 0 Å². The van der Waals surface area contributed by atoms with Crippen molar-refractivity contribution in [2.24, 2.45) is 0 Å². The number of nitrogens with zero attached hydrogens (tertiary/aromatic N) is 4. The molecule has 0 atom stereocenters. The fourth-order valence-electron chi connectivity index (χ4n) is 2.96. The molecule has 0 fully saturated rings. The molecule has 4 rings (SSSR count). The molecule has 24 heavy (non-hydrogen) atoms. The number of methoxy groups -OCH3 is 1. The van der Waals surface area contributed by atoms with Crippen LogP contribution in [0.5, 0.6) is 5.75 Å². The number of hydrogen-bond donors (Lipinski definition) is 0. The zero-order valence-corrected chi connectivity index (χ0v) is 13.9. The Morgan fingerprint density at radius 3 is 2.67 bits per heavy atom. The third-order valence-corrected chi connectivity index (χ3v) is 4.24. The van der Waals surface area contributed by atoms with Crippen molar-refractivity contribution in [1.29, 1.82) is 0 Å². The summed E-state index contributed by atoms with van der Waals surface area (Å²) in [6.45, 7) is 4.07. The van der Waals surface area contributed by atoms with Gasteiger partial charge < -0.3 is 13.9 Å². The average molecular weight is 318 g/mol. The van der Waals surface area contributed by atoms with Gasteiger partial charge in [-0.05, 0) is 43.7 Å². The third-order valence-electron chi connectivity index (χ3n) is 4.24. The number of hydrogen-bond acceptors (Lipinski definition) is 3. The van der Waals surface area contributed by atoms with Crippen LogP contribution in [-0.2, 0) is 0 Å². The molecule has 0 unspecified atom stereocenters. The van der Waals surface area contributed by atoms with Gasteiger partial charge in [0.25, 0.3) is 0 Å². The van der Waals surface area contributed by atoms with Gasteiger partial charge in [0.1, 0.15) is 11.4 Å². The fourth-order valence-corrected chi connectivity index (χ4v) is 2.96. The molecule has 4 aromatic rings. The number of ether oxygens (including phenoxy) is 1. The van der Waals surface area contributed by atoms with Gasteiger partial charge in [-0.25, -0.2) is 9.97 Å². The van der Waals surface area contributed by atoms with Crippen LogP contribution in [0, 0.1) is 13.8 Å². The van der Waals surface area contributed by atoms with Crippen LogP contribution in [0.4, 0.5) is 0 Å². The minimum atomic E-state index is 0.791. The van der Waals surface area contributed by atoms with E-state index in [-0.39, 0.29) is 0 Å². The van der Waals surface area contributed by atoms with Gasteiger partial charge in [-0.2, -0.15) is 0 Å². The van der Waals surface area contributed by atoms with Crippen molar-refractivity contribution in [1.82, 2.24) is 19.1 Å². The van der Waals surface area contributed by atoms with Crippen molar-refractivity contribution in [3.63, 3.8) is 0 Å². The Balaban J connectivity index is 1.86. The maximum absolute atomic E-state index is 5.60. The van der Waals surface area contributed by atoms with Gasteiger partial charge in [0.05, 0.1) is 30.5 Å². The summed E-state index contributed by atoms with van der Waals surface area (Å²) in [5.41, 5.74) is 5.11. The first-order valence-electron chi connectivity index (χ1n) is 7.79. The summed E-state index contributed by atoms with van der Waals surface area (Å²) in [7, 11) is 1.68. The molecule has 0 aliphatic carbocycles. The van der Waals surface area contributed by atoms with Crippen LogP contribution in [-0.4, -0.2) is 26.2 Å². The van der Waals surface area contributed by atoms with Gasteiger partial charge in [-0.1, -0.05) is 0 Å². The van der Waals surface area contributed by atoms with Crippen molar-refractivity contribution in [2.45, 2.75) is 13.8 Å². The highest BCUT2D eigenvalue weighted by Gasteiger charge is 2.11. The molecule has 0 saturated carbocycles. The van der Waals surface area contributed by atoms with Crippen LogP contribution >= 0.6 is 0 Å². The lowest BCUT2D eigenvalue weighted by Gasteiger charge is -2.12. The van der Waals surface area contributed by atoms with E-state index in [0.717, 1.165) is 33.9 Å². The van der Waals surface area contributed by atoms with Crippen LogP contribution in [0.1, 0.15) is 11.3 Å². The minimum absolute atomic E-state index is 0.791. The Morgan fingerprint density at radius 1 is 1.04 bits per heavy atom. The van der Waals surface area contributed by atoms with Crippen molar-refractivity contribution in [3.8, 4) is 17.1 Å². The van der Waals surface area contributed by atoms with Crippen LogP contribution in [0.15, 0.2) is 55.2 Å². The second kappa shape index (κ2) is 5.53. The first-order chi connectivity index (χ1) is 11.7. The molecule has 0 bridgehead atoms. The smallest absolute Gasteiger partial charge is 0.144 e. The standard InChI is InChI=1S/C19H18N4O/c1-13-6-8-20-19-16(13)7-9-23(19)15-4-5-17(18(10-15)24-3)22-11-14(2)21-12-22/h4-12H,1-3H3. The lowest BCUT2D eigenvalue weighted by Crippen LogP contribution is -1.99. The number of aryl methyl sites for hydroxylation is 2. The van der Waals surface area contributed by atoms with E-state index in [0.29, 0.717) is 0 Å². The molecule has 3 aromatic heterocycles. The predicted octanol–water partition coefficient (Wildman–Crippen LogP) is 3.84. The Morgan fingerprint density at radius 2 is 1.92 bits per heavy atom. The molecule has 0 radical (unpaired) electrons. The fraction of sp³-hybridized carbons (Fsp3) is 0.158. The maximum atomic E-state index is 5.60. The van der Waals surface area contributed by atoms with Gasteiger partial charge in [0.2, 0.25) is 0 Å². The lowest BCUT2D eigenvalue weighted by atomic mass is 10.2. The normalized spacial score (nSPS) is 11.1. The van der Waals surface area contributed by atoms with Crippen LogP contribution in [0.3, 0.4) is 0 Å². The predicted molar refractivity (Wildman–Crippen MR) is 94.2 cm³/mol. The molecule has 0 aliphatic rings. The number of pyridine rings is 1. The largest absolute Gasteiger partial charge is 0.494 e. The van der Waals surface area contributed by atoms with E-state index >= 15 is 0 Å².